The van der Waals surface area contributed by atoms with Gasteiger partial charge in [0.1, 0.15) is 0 Å². The van der Waals surface area contributed by atoms with Crippen molar-refractivity contribution in [1.82, 2.24) is 4.90 Å². The van der Waals surface area contributed by atoms with E-state index in [0.717, 1.165) is 19.5 Å². The van der Waals surface area contributed by atoms with Crippen LogP contribution in [0.5, 0.6) is 0 Å². The van der Waals surface area contributed by atoms with Gasteiger partial charge in [0.25, 0.3) is 0 Å². The first kappa shape index (κ1) is 12.7. The van der Waals surface area contributed by atoms with Gasteiger partial charge in [-0.3, -0.25) is 4.90 Å². The van der Waals surface area contributed by atoms with Gasteiger partial charge in [-0.2, -0.15) is 5.26 Å². The van der Waals surface area contributed by atoms with Crippen LogP contribution in [0.2, 0.25) is 0 Å². The third-order valence-corrected chi connectivity index (χ3v) is 2.90. The fourth-order valence-electron chi connectivity index (χ4n) is 1.62. The molecule has 0 aromatic heterocycles. The fourth-order valence-corrected chi connectivity index (χ4v) is 1.62. The van der Waals surface area contributed by atoms with Crippen LogP contribution in [0.15, 0.2) is 24.3 Å². The molecule has 3 nitrogen and oxygen atoms in total. The van der Waals surface area contributed by atoms with E-state index in [1.165, 1.54) is 5.56 Å². The summed E-state index contributed by atoms with van der Waals surface area (Å²) < 4.78 is 0. The zero-order valence-electron chi connectivity index (χ0n) is 9.98. The van der Waals surface area contributed by atoms with Crippen LogP contribution >= 0.6 is 0 Å². The molecule has 1 rings (SSSR count). The van der Waals surface area contributed by atoms with Crippen LogP contribution in [0.25, 0.3) is 0 Å². The molecule has 0 fully saturated rings. The van der Waals surface area contributed by atoms with E-state index >= 15 is 0 Å². The molecule has 16 heavy (non-hydrogen) atoms. The summed E-state index contributed by atoms with van der Waals surface area (Å²) in [6.07, 6.45) is 1.01. The van der Waals surface area contributed by atoms with Gasteiger partial charge >= 0.3 is 0 Å². The minimum absolute atomic E-state index is 0.360. The second kappa shape index (κ2) is 6.26. The van der Waals surface area contributed by atoms with Crippen LogP contribution < -0.4 is 5.73 Å². The third kappa shape index (κ3) is 3.34. The molecule has 0 saturated carbocycles. The topological polar surface area (TPSA) is 53.0 Å². The lowest BCUT2D eigenvalue weighted by molar-refractivity contribution is 0.260. The Bertz CT molecular complexity index is 350. The highest BCUT2D eigenvalue weighted by Crippen LogP contribution is 2.18. The maximum absolute atomic E-state index is 8.72. The Morgan fingerprint density at radius 1 is 1.38 bits per heavy atom. The van der Waals surface area contributed by atoms with Crippen molar-refractivity contribution in [3.05, 3.63) is 35.4 Å². The van der Waals surface area contributed by atoms with E-state index in [0.29, 0.717) is 11.6 Å². The van der Waals surface area contributed by atoms with E-state index < -0.39 is 0 Å². The van der Waals surface area contributed by atoms with Crippen LogP contribution in [0.3, 0.4) is 0 Å². The minimum atomic E-state index is 0.360. The first-order chi connectivity index (χ1) is 7.69. The molecule has 1 aromatic rings. The van der Waals surface area contributed by atoms with Crippen molar-refractivity contribution in [3.8, 4) is 6.07 Å². The van der Waals surface area contributed by atoms with Crippen LogP contribution in [0.4, 0.5) is 0 Å². The molecule has 0 radical (unpaired) electrons. The summed E-state index contributed by atoms with van der Waals surface area (Å²) in [4.78, 5) is 2.27. The first-order valence-electron chi connectivity index (χ1n) is 5.59. The van der Waals surface area contributed by atoms with E-state index in [2.05, 4.69) is 24.9 Å². The van der Waals surface area contributed by atoms with Gasteiger partial charge in [0.2, 0.25) is 0 Å². The molecule has 1 atom stereocenters. The Balaban J connectivity index is 2.65. The van der Waals surface area contributed by atoms with E-state index in [1.54, 1.807) is 0 Å². The van der Waals surface area contributed by atoms with Crippen LogP contribution in [0.1, 0.15) is 30.5 Å². The summed E-state index contributed by atoms with van der Waals surface area (Å²) in [5.74, 6) is 0. The Labute approximate surface area is 97.5 Å². The second-order valence-corrected chi connectivity index (χ2v) is 4.03. The molecule has 0 aliphatic heterocycles. The third-order valence-electron chi connectivity index (χ3n) is 2.90. The van der Waals surface area contributed by atoms with Gasteiger partial charge < -0.3 is 5.73 Å². The largest absolute Gasteiger partial charge is 0.330 e. The van der Waals surface area contributed by atoms with Crippen LogP contribution in [0, 0.1) is 11.3 Å². The van der Waals surface area contributed by atoms with E-state index in [9.17, 15) is 0 Å². The summed E-state index contributed by atoms with van der Waals surface area (Å²) in [6, 6.07) is 10.2. The standard InChI is InChI=1S/C13H19N3/c1-11(16(2)9-3-8-14)13-6-4-12(10-15)5-7-13/h4-7,11H,3,8-9,14H2,1-2H3. The fraction of sp³-hybridized carbons (Fsp3) is 0.462. The molecule has 2 N–H and O–H groups in total. The van der Waals surface area contributed by atoms with E-state index in [-0.39, 0.29) is 0 Å². The molecule has 1 unspecified atom stereocenters. The highest BCUT2D eigenvalue weighted by molar-refractivity contribution is 5.32. The molecule has 0 amide bonds. The highest BCUT2D eigenvalue weighted by Gasteiger charge is 2.10. The Morgan fingerprint density at radius 3 is 2.50 bits per heavy atom. The Kier molecular flexibility index (Phi) is 4.97. The van der Waals surface area contributed by atoms with E-state index in [4.69, 9.17) is 11.0 Å². The van der Waals surface area contributed by atoms with Crippen molar-refractivity contribution < 1.29 is 0 Å². The van der Waals surface area contributed by atoms with Crippen molar-refractivity contribution >= 4 is 0 Å². The maximum Gasteiger partial charge on any atom is 0.0991 e. The van der Waals surface area contributed by atoms with Crippen molar-refractivity contribution in [2.75, 3.05) is 20.1 Å². The highest BCUT2D eigenvalue weighted by atomic mass is 15.1. The molecular weight excluding hydrogens is 198 g/mol. The van der Waals surface area contributed by atoms with Gasteiger partial charge in [-0.15, -0.1) is 0 Å². The average molecular weight is 217 g/mol. The van der Waals surface area contributed by atoms with Crippen molar-refractivity contribution in [2.45, 2.75) is 19.4 Å². The zero-order valence-corrected chi connectivity index (χ0v) is 9.98. The summed E-state index contributed by atoms with van der Waals surface area (Å²) in [5, 5.41) is 8.72. The zero-order chi connectivity index (χ0) is 12.0. The maximum atomic E-state index is 8.72. The predicted octanol–water partition coefficient (Wildman–Crippen LogP) is 1.90. The van der Waals surface area contributed by atoms with Crippen molar-refractivity contribution in [2.24, 2.45) is 5.73 Å². The lowest BCUT2D eigenvalue weighted by Crippen LogP contribution is -2.25. The molecule has 0 saturated heterocycles. The SMILES string of the molecule is CC(c1ccc(C#N)cc1)N(C)CCCN. The Morgan fingerprint density at radius 2 is 2.00 bits per heavy atom. The lowest BCUT2D eigenvalue weighted by atomic mass is 10.1. The molecule has 0 bridgehead atoms. The second-order valence-electron chi connectivity index (χ2n) is 4.03. The number of nitrogens with two attached hydrogens (primary N) is 1. The summed E-state index contributed by atoms with van der Waals surface area (Å²) in [6.45, 7) is 3.89. The van der Waals surface area contributed by atoms with Gasteiger partial charge in [0.05, 0.1) is 11.6 Å². The van der Waals surface area contributed by atoms with Gasteiger partial charge in [0, 0.05) is 6.04 Å². The number of hydrogen-bond donors (Lipinski definition) is 1. The van der Waals surface area contributed by atoms with Gasteiger partial charge in [-0.25, -0.2) is 0 Å². The number of hydrogen-bond acceptors (Lipinski definition) is 3. The predicted molar refractivity (Wildman–Crippen MR) is 65.9 cm³/mol. The summed E-state index contributed by atoms with van der Waals surface area (Å²) >= 11 is 0. The molecule has 0 aliphatic rings. The van der Waals surface area contributed by atoms with Crippen LogP contribution in [-0.2, 0) is 0 Å². The molecule has 1 aromatic carbocycles. The monoisotopic (exact) mass is 217 g/mol. The Hall–Kier alpha value is -1.37. The molecule has 0 spiro atoms. The van der Waals surface area contributed by atoms with Gasteiger partial charge in [-0.1, -0.05) is 12.1 Å². The molecular formula is C13H19N3. The first-order valence-corrected chi connectivity index (χ1v) is 5.59. The number of rotatable bonds is 5. The normalized spacial score (nSPS) is 12.4. The van der Waals surface area contributed by atoms with Crippen molar-refractivity contribution in [1.29, 1.82) is 5.26 Å². The summed E-state index contributed by atoms with van der Waals surface area (Å²) in [7, 11) is 2.10. The minimum Gasteiger partial charge on any atom is -0.330 e. The molecule has 0 heterocycles. The van der Waals surface area contributed by atoms with Crippen molar-refractivity contribution in [3.63, 3.8) is 0 Å². The molecule has 0 aliphatic carbocycles. The number of benzene rings is 1. The molecule has 3 heteroatoms. The number of nitriles is 1. The molecule has 86 valence electrons. The van der Waals surface area contributed by atoms with Crippen LogP contribution in [-0.4, -0.2) is 25.0 Å². The summed E-state index contributed by atoms with van der Waals surface area (Å²) in [5.41, 5.74) is 7.43. The number of nitrogens with zero attached hydrogens (tertiary/aromatic N) is 2. The lowest BCUT2D eigenvalue weighted by Gasteiger charge is -2.24. The van der Waals surface area contributed by atoms with Gasteiger partial charge in [0.15, 0.2) is 0 Å². The quantitative estimate of drug-likeness (QED) is 0.819. The van der Waals surface area contributed by atoms with Gasteiger partial charge in [-0.05, 0) is 51.2 Å². The van der Waals surface area contributed by atoms with E-state index in [1.807, 2.05) is 24.3 Å². The average Bonchev–Trinajstić information content (AvgIpc) is 2.35. The smallest absolute Gasteiger partial charge is 0.0991 e.